The number of thiophene rings is 1. The summed E-state index contributed by atoms with van der Waals surface area (Å²) >= 11 is 1.45. The fraction of sp³-hybridized carbons (Fsp3) is 0.167. The minimum Gasteiger partial charge on any atom is -0.464 e. The smallest absolute Gasteiger partial charge is 0.355 e. The molecule has 1 N–H and O–H groups in total. The Kier molecular flexibility index (Phi) is 4.28. The molecule has 136 valence electrons. The highest BCUT2D eigenvalue weighted by molar-refractivity contribution is 7.10. The lowest BCUT2D eigenvalue weighted by Crippen LogP contribution is -2.32. The van der Waals surface area contributed by atoms with E-state index >= 15 is 0 Å². The number of nitrogens with one attached hydrogen (secondary N) is 1. The first-order valence-corrected chi connectivity index (χ1v) is 9.00. The number of aromatic nitrogens is 4. The third-order valence-corrected chi connectivity index (χ3v) is 5.20. The number of rotatable bonds is 4. The van der Waals surface area contributed by atoms with Crippen molar-refractivity contribution in [3.05, 3.63) is 69.1 Å². The number of Topliss-reactive ketones (excluding diaryl/α,β-unsaturated/α-hetero) is 1. The van der Waals surface area contributed by atoms with Crippen LogP contribution in [0.3, 0.4) is 0 Å². The zero-order valence-electron chi connectivity index (χ0n) is 14.5. The molecule has 3 aromatic rings. The van der Waals surface area contributed by atoms with Crippen LogP contribution in [-0.4, -0.2) is 39.1 Å². The highest BCUT2D eigenvalue weighted by Crippen LogP contribution is 2.38. The largest absolute Gasteiger partial charge is 0.464 e. The molecule has 0 aliphatic carbocycles. The van der Waals surface area contributed by atoms with Crippen LogP contribution in [0.5, 0.6) is 0 Å². The van der Waals surface area contributed by atoms with Gasteiger partial charge >= 0.3 is 5.97 Å². The van der Waals surface area contributed by atoms with E-state index in [-0.39, 0.29) is 23.0 Å². The number of carbonyl (C=O) groups excluding carboxylic acids is 2. The average molecular weight is 381 g/mol. The molecule has 0 saturated carbocycles. The number of hydrogen-bond acceptors (Lipinski definition) is 8. The molecule has 0 fully saturated rings. The quantitative estimate of drug-likeness (QED) is 0.547. The highest BCUT2D eigenvalue weighted by atomic mass is 32.1. The van der Waals surface area contributed by atoms with Crippen LogP contribution in [0.1, 0.15) is 26.8 Å². The molecule has 0 bridgehead atoms. The van der Waals surface area contributed by atoms with Gasteiger partial charge in [-0.2, -0.15) is 4.68 Å². The van der Waals surface area contributed by atoms with E-state index in [9.17, 15) is 9.59 Å². The fourth-order valence-corrected chi connectivity index (χ4v) is 3.78. The van der Waals surface area contributed by atoms with Crippen molar-refractivity contribution in [1.82, 2.24) is 20.2 Å². The standard InChI is InChI=1S/C18H15N5O3S/c1-10-5-7-11(8-6-10)16(24)13-14(17(25)26-2)19-18-20-21-22-23(18)15(13)12-4-3-9-27-12/h3-9,15H,1-2H3,(H,19,20,22)/t15-/m0/s1. The Morgan fingerprint density at radius 2 is 2.00 bits per heavy atom. The topological polar surface area (TPSA) is 99.0 Å². The van der Waals surface area contributed by atoms with E-state index in [2.05, 4.69) is 20.8 Å². The van der Waals surface area contributed by atoms with Crippen LogP contribution >= 0.6 is 11.3 Å². The van der Waals surface area contributed by atoms with E-state index in [1.54, 1.807) is 12.1 Å². The zero-order valence-corrected chi connectivity index (χ0v) is 15.4. The second-order valence-electron chi connectivity index (χ2n) is 5.97. The zero-order chi connectivity index (χ0) is 19.0. The lowest BCUT2D eigenvalue weighted by Gasteiger charge is -2.27. The lowest BCUT2D eigenvalue weighted by atomic mass is 9.92. The first-order valence-electron chi connectivity index (χ1n) is 8.12. The van der Waals surface area contributed by atoms with Gasteiger partial charge in [-0.05, 0) is 28.8 Å². The maximum atomic E-state index is 13.4. The van der Waals surface area contributed by atoms with E-state index in [4.69, 9.17) is 4.74 Å². The van der Waals surface area contributed by atoms with Crippen LogP contribution in [0.15, 0.2) is 53.0 Å². The number of carbonyl (C=O) groups is 2. The lowest BCUT2D eigenvalue weighted by molar-refractivity contribution is -0.136. The Bertz CT molecular complexity index is 1040. The van der Waals surface area contributed by atoms with Crippen LogP contribution in [0.2, 0.25) is 0 Å². The van der Waals surface area contributed by atoms with Crippen molar-refractivity contribution in [3.63, 3.8) is 0 Å². The summed E-state index contributed by atoms with van der Waals surface area (Å²) in [6, 6.07) is 10.3. The van der Waals surface area contributed by atoms with Crippen molar-refractivity contribution in [2.45, 2.75) is 13.0 Å². The number of allylic oxidation sites excluding steroid dienone is 1. The number of anilines is 1. The summed E-state index contributed by atoms with van der Waals surface area (Å²) in [5.41, 5.74) is 1.79. The van der Waals surface area contributed by atoms with E-state index < -0.39 is 12.0 Å². The van der Waals surface area contributed by atoms with Gasteiger partial charge in [0.25, 0.3) is 0 Å². The third-order valence-electron chi connectivity index (χ3n) is 4.28. The van der Waals surface area contributed by atoms with Crippen molar-refractivity contribution < 1.29 is 14.3 Å². The van der Waals surface area contributed by atoms with Gasteiger partial charge in [0.15, 0.2) is 5.78 Å². The highest BCUT2D eigenvalue weighted by Gasteiger charge is 2.38. The van der Waals surface area contributed by atoms with Crippen molar-refractivity contribution >= 4 is 29.0 Å². The number of esters is 1. The number of tetrazole rings is 1. The summed E-state index contributed by atoms with van der Waals surface area (Å²) in [6.07, 6.45) is 0. The minimum absolute atomic E-state index is 0.0452. The summed E-state index contributed by atoms with van der Waals surface area (Å²) in [4.78, 5) is 26.7. The van der Waals surface area contributed by atoms with Gasteiger partial charge in [-0.1, -0.05) is 41.0 Å². The second kappa shape index (κ2) is 6.76. The van der Waals surface area contributed by atoms with Crippen molar-refractivity contribution in [1.29, 1.82) is 0 Å². The summed E-state index contributed by atoms with van der Waals surface area (Å²) in [5.74, 6) is -0.669. The van der Waals surface area contributed by atoms with Gasteiger partial charge in [0, 0.05) is 10.4 Å². The Balaban J connectivity index is 1.93. The predicted octanol–water partition coefficient (Wildman–Crippen LogP) is 2.37. The Labute approximate surface area is 158 Å². The molecule has 0 radical (unpaired) electrons. The second-order valence-corrected chi connectivity index (χ2v) is 6.94. The molecule has 4 rings (SSSR count). The summed E-state index contributed by atoms with van der Waals surface area (Å²) in [7, 11) is 1.27. The Morgan fingerprint density at radius 1 is 1.22 bits per heavy atom. The summed E-state index contributed by atoms with van der Waals surface area (Å²) < 4.78 is 6.40. The normalized spacial score (nSPS) is 15.9. The maximum absolute atomic E-state index is 13.4. The molecule has 9 heteroatoms. The van der Waals surface area contributed by atoms with Crippen LogP contribution in [-0.2, 0) is 9.53 Å². The molecule has 1 aliphatic rings. The van der Waals surface area contributed by atoms with Gasteiger partial charge in [-0.3, -0.25) is 4.79 Å². The SMILES string of the molecule is COC(=O)C1=C(C(=O)c2ccc(C)cc2)[C@H](c2cccs2)n2nnnc2N1. The molecule has 3 heterocycles. The molecule has 0 saturated heterocycles. The maximum Gasteiger partial charge on any atom is 0.355 e. The molecule has 27 heavy (non-hydrogen) atoms. The number of ketones is 1. The Hall–Kier alpha value is -3.33. The number of hydrogen-bond donors (Lipinski definition) is 1. The van der Waals surface area contributed by atoms with Crippen molar-refractivity contribution in [2.24, 2.45) is 0 Å². The third kappa shape index (κ3) is 2.91. The molecule has 2 aromatic heterocycles. The number of fused-ring (bicyclic) bond motifs is 1. The van der Waals surface area contributed by atoms with Crippen LogP contribution < -0.4 is 5.32 Å². The minimum atomic E-state index is -0.652. The molecule has 8 nitrogen and oxygen atoms in total. The molecule has 1 atom stereocenters. The van der Waals surface area contributed by atoms with Crippen molar-refractivity contribution in [3.8, 4) is 0 Å². The van der Waals surface area contributed by atoms with E-state index in [1.165, 1.54) is 23.1 Å². The number of methoxy groups -OCH3 is 1. The molecule has 0 amide bonds. The van der Waals surface area contributed by atoms with Gasteiger partial charge in [0.05, 0.1) is 12.7 Å². The Morgan fingerprint density at radius 3 is 2.67 bits per heavy atom. The molecule has 0 unspecified atom stereocenters. The fourth-order valence-electron chi connectivity index (χ4n) is 2.96. The van der Waals surface area contributed by atoms with Gasteiger partial charge < -0.3 is 10.1 Å². The molecule has 1 aromatic carbocycles. The van der Waals surface area contributed by atoms with Gasteiger partial charge in [-0.25, -0.2) is 4.79 Å². The van der Waals surface area contributed by atoms with E-state index in [0.29, 0.717) is 5.56 Å². The number of aryl methyl sites for hydroxylation is 1. The van der Waals surface area contributed by atoms with Crippen LogP contribution in [0.25, 0.3) is 0 Å². The number of ether oxygens (including phenoxy) is 1. The van der Waals surface area contributed by atoms with Gasteiger partial charge in [-0.15, -0.1) is 11.3 Å². The summed E-state index contributed by atoms with van der Waals surface area (Å²) in [5, 5.41) is 16.3. The first kappa shape index (κ1) is 17.1. The average Bonchev–Trinajstić information content (AvgIpc) is 3.37. The van der Waals surface area contributed by atoms with E-state index in [1.807, 2.05) is 36.6 Å². The van der Waals surface area contributed by atoms with Gasteiger partial charge in [0.2, 0.25) is 5.95 Å². The molecular weight excluding hydrogens is 366 g/mol. The molecule has 1 aliphatic heterocycles. The number of benzene rings is 1. The predicted molar refractivity (Wildman–Crippen MR) is 98.4 cm³/mol. The van der Waals surface area contributed by atoms with Gasteiger partial charge in [0.1, 0.15) is 11.7 Å². The van der Waals surface area contributed by atoms with E-state index in [0.717, 1.165) is 10.4 Å². The monoisotopic (exact) mass is 381 g/mol. The first-order chi connectivity index (χ1) is 13.1. The molecular formula is C18H15N5O3S. The van der Waals surface area contributed by atoms with Crippen LogP contribution in [0.4, 0.5) is 5.95 Å². The molecule has 0 spiro atoms. The number of nitrogens with zero attached hydrogens (tertiary/aromatic N) is 4. The van der Waals surface area contributed by atoms with Crippen molar-refractivity contribution in [2.75, 3.05) is 12.4 Å². The summed E-state index contributed by atoms with van der Waals surface area (Å²) in [6.45, 7) is 1.94. The van der Waals surface area contributed by atoms with Crippen LogP contribution in [0, 0.1) is 6.92 Å².